The zero-order chi connectivity index (χ0) is 25.8. The molecule has 37 heavy (non-hydrogen) atoms. The van der Waals surface area contributed by atoms with E-state index in [2.05, 4.69) is 16.3 Å². The highest BCUT2D eigenvalue weighted by Gasteiger charge is 2.28. The van der Waals surface area contributed by atoms with Crippen molar-refractivity contribution in [1.29, 1.82) is 0 Å². The van der Waals surface area contributed by atoms with Crippen molar-refractivity contribution >= 4 is 11.9 Å². The zero-order valence-corrected chi connectivity index (χ0v) is 20.7. The quantitative estimate of drug-likeness (QED) is 0.465. The van der Waals surface area contributed by atoms with Crippen LogP contribution < -0.4 is 4.74 Å². The molecule has 0 spiro atoms. The number of aromatic nitrogens is 3. The van der Waals surface area contributed by atoms with Gasteiger partial charge in [0.2, 0.25) is 5.82 Å². The van der Waals surface area contributed by atoms with Gasteiger partial charge in [-0.05, 0) is 55.5 Å². The monoisotopic (exact) mass is 499 g/mol. The fraction of sp³-hybridized carbons (Fsp3) is 0.321. The maximum Gasteiger partial charge on any atom is 0.306 e. The second-order valence-corrected chi connectivity index (χ2v) is 9.44. The number of hydrogen-bond donors (Lipinski definition) is 1. The molecular formula is C28H29N5O4. The highest BCUT2D eigenvalue weighted by atomic mass is 16.5. The van der Waals surface area contributed by atoms with Crippen molar-refractivity contribution in [1.82, 2.24) is 24.8 Å². The summed E-state index contributed by atoms with van der Waals surface area (Å²) in [4.78, 5) is 26.9. The van der Waals surface area contributed by atoms with E-state index >= 15 is 0 Å². The van der Waals surface area contributed by atoms with Gasteiger partial charge in [0, 0.05) is 31.6 Å². The molecule has 1 aliphatic heterocycles. The number of aryl methyl sites for hydroxylation is 1. The van der Waals surface area contributed by atoms with Crippen LogP contribution in [0.25, 0.3) is 11.3 Å². The molecule has 0 radical (unpaired) electrons. The molecule has 3 aromatic rings. The minimum atomic E-state index is -0.748. The number of carbonyl (C=O) groups excluding carboxylic acids is 1. The molecule has 0 saturated heterocycles. The van der Waals surface area contributed by atoms with Gasteiger partial charge in [-0.3, -0.25) is 4.79 Å². The first-order chi connectivity index (χ1) is 18.0. The number of hydrogen-bond acceptors (Lipinski definition) is 7. The van der Waals surface area contributed by atoms with Crippen molar-refractivity contribution in [3.8, 4) is 17.0 Å². The Balaban J connectivity index is 1.27. The molecule has 1 N–H and O–H groups in total. The van der Waals surface area contributed by atoms with Crippen molar-refractivity contribution in [3.63, 3.8) is 0 Å². The normalized spacial score (nSPS) is 19.2. The number of carbonyl (C=O) groups is 1. The molecule has 1 aliphatic carbocycles. The summed E-state index contributed by atoms with van der Waals surface area (Å²) >= 11 is 0. The topological polar surface area (TPSA) is 101 Å². The van der Waals surface area contributed by atoms with E-state index in [1.165, 1.54) is 0 Å². The van der Waals surface area contributed by atoms with Crippen LogP contribution >= 0.6 is 0 Å². The van der Waals surface area contributed by atoms with Gasteiger partial charge in [0.25, 0.3) is 0 Å². The fourth-order valence-corrected chi connectivity index (χ4v) is 4.92. The molecule has 0 unspecified atom stereocenters. The summed E-state index contributed by atoms with van der Waals surface area (Å²) in [6, 6.07) is 17.6. The van der Waals surface area contributed by atoms with E-state index in [1.807, 2.05) is 83.8 Å². The van der Waals surface area contributed by atoms with Crippen molar-refractivity contribution in [2.75, 3.05) is 0 Å². The van der Waals surface area contributed by atoms with Crippen molar-refractivity contribution in [3.05, 3.63) is 84.1 Å². The van der Waals surface area contributed by atoms with Crippen molar-refractivity contribution in [2.24, 2.45) is 13.0 Å². The van der Waals surface area contributed by atoms with Gasteiger partial charge < -0.3 is 19.6 Å². The number of carboxylic acids is 1. The molecule has 9 heteroatoms. The van der Waals surface area contributed by atoms with Crippen molar-refractivity contribution in [2.45, 2.75) is 44.9 Å². The molecule has 190 valence electrons. The molecular weight excluding hydrogens is 470 g/mol. The fourth-order valence-electron chi connectivity index (χ4n) is 4.92. The number of carboxylic acid groups (broad SMARTS) is 1. The predicted octanol–water partition coefficient (Wildman–Crippen LogP) is 3.97. The van der Waals surface area contributed by atoms with Gasteiger partial charge in [0.1, 0.15) is 11.4 Å². The van der Waals surface area contributed by atoms with Crippen LogP contribution in [0.3, 0.4) is 0 Å². The first-order valence-corrected chi connectivity index (χ1v) is 12.4. The zero-order valence-electron chi connectivity index (χ0n) is 20.7. The molecule has 1 fully saturated rings. The lowest BCUT2D eigenvalue weighted by Gasteiger charge is -2.27. The molecule has 2 heterocycles. The average molecular weight is 500 g/mol. The Labute approximate surface area is 215 Å². The van der Waals surface area contributed by atoms with Crippen LogP contribution in [0.1, 0.15) is 36.9 Å². The largest absolute Gasteiger partial charge is 0.490 e. The summed E-state index contributed by atoms with van der Waals surface area (Å²) < 4.78 is 7.80. The van der Waals surface area contributed by atoms with Crippen molar-refractivity contribution < 1.29 is 19.4 Å². The Bertz CT molecular complexity index is 1330. The lowest BCUT2D eigenvalue weighted by Crippen LogP contribution is -2.29. The third-order valence-electron chi connectivity index (χ3n) is 6.93. The Morgan fingerprint density at radius 3 is 2.49 bits per heavy atom. The van der Waals surface area contributed by atoms with Crippen LogP contribution in [0.4, 0.5) is 0 Å². The van der Waals surface area contributed by atoms with Crippen LogP contribution in [0.5, 0.6) is 5.75 Å². The predicted molar refractivity (Wildman–Crippen MR) is 136 cm³/mol. The van der Waals surface area contributed by atoms with Crippen LogP contribution in [-0.2, 0) is 29.7 Å². The van der Waals surface area contributed by atoms with Crippen LogP contribution in [0.2, 0.25) is 0 Å². The van der Waals surface area contributed by atoms with Gasteiger partial charge in [-0.1, -0.05) is 35.5 Å². The SMILES string of the molecule is Cn1nnc(-c2ccc(O[C@H]3CCC[C@H](C(=O)O)C3)cc2)c1CN1C=CN(Cc2ccccc2)C1=C=O. The van der Waals surface area contributed by atoms with Crippen LogP contribution in [0.15, 0.2) is 72.8 Å². The third kappa shape index (κ3) is 5.42. The van der Waals surface area contributed by atoms with E-state index in [4.69, 9.17) is 4.74 Å². The first kappa shape index (κ1) is 24.3. The number of ether oxygens (including phenoxy) is 1. The van der Waals surface area contributed by atoms with Gasteiger partial charge in [0.05, 0.1) is 24.3 Å². The summed E-state index contributed by atoms with van der Waals surface area (Å²) in [5.74, 6) is 2.14. The summed E-state index contributed by atoms with van der Waals surface area (Å²) in [6.45, 7) is 0.979. The Morgan fingerprint density at radius 2 is 1.78 bits per heavy atom. The highest BCUT2D eigenvalue weighted by molar-refractivity contribution is 5.70. The van der Waals surface area contributed by atoms with E-state index in [0.717, 1.165) is 35.4 Å². The lowest BCUT2D eigenvalue weighted by atomic mass is 9.87. The number of benzene rings is 2. The van der Waals surface area contributed by atoms with Gasteiger partial charge in [-0.25, -0.2) is 9.48 Å². The minimum Gasteiger partial charge on any atom is -0.490 e. The molecule has 0 amide bonds. The van der Waals surface area contributed by atoms with E-state index in [9.17, 15) is 14.7 Å². The van der Waals surface area contributed by atoms with Crippen LogP contribution in [0, 0.1) is 5.92 Å². The standard InChI is InChI=1S/C28H29N5O4/c1-31-25(18-33-15-14-32(26(33)19-34)17-20-6-3-2-4-7-20)27(29-30-31)21-10-12-23(13-11-21)37-24-9-5-8-22(16-24)28(35)36/h2-4,6-7,10-15,22,24H,5,8-9,16-18H2,1H3,(H,35,36)/t22-,24-/m0/s1. The van der Waals surface area contributed by atoms with Gasteiger partial charge in [0.15, 0.2) is 5.94 Å². The number of aliphatic carboxylic acids is 1. The van der Waals surface area contributed by atoms with Gasteiger partial charge >= 0.3 is 5.97 Å². The van der Waals surface area contributed by atoms with E-state index in [0.29, 0.717) is 37.5 Å². The summed E-state index contributed by atoms with van der Waals surface area (Å²) in [7, 11) is 1.83. The molecule has 1 aromatic heterocycles. The van der Waals surface area contributed by atoms with E-state index < -0.39 is 5.97 Å². The minimum absolute atomic E-state index is 0.0953. The number of nitrogens with zero attached hydrogens (tertiary/aromatic N) is 5. The number of rotatable bonds is 8. The summed E-state index contributed by atoms with van der Waals surface area (Å²) in [5, 5.41) is 17.9. The Kier molecular flexibility index (Phi) is 7.05. The van der Waals surface area contributed by atoms with E-state index in [1.54, 1.807) is 4.68 Å². The molecule has 5 rings (SSSR count). The highest BCUT2D eigenvalue weighted by Crippen LogP contribution is 2.31. The van der Waals surface area contributed by atoms with Crippen LogP contribution in [-0.4, -0.2) is 47.9 Å². The Hall–Kier alpha value is -4.36. The average Bonchev–Trinajstić information content (AvgIpc) is 3.48. The molecule has 0 bridgehead atoms. The lowest BCUT2D eigenvalue weighted by molar-refractivity contribution is -0.143. The first-order valence-electron chi connectivity index (χ1n) is 12.4. The molecule has 2 aromatic carbocycles. The maximum absolute atomic E-state index is 11.9. The smallest absolute Gasteiger partial charge is 0.306 e. The maximum atomic E-state index is 11.9. The molecule has 9 nitrogen and oxygen atoms in total. The second-order valence-electron chi connectivity index (χ2n) is 9.44. The summed E-state index contributed by atoms with van der Waals surface area (Å²) in [5.41, 5.74) is 3.55. The molecule has 2 aliphatic rings. The third-order valence-corrected chi connectivity index (χ3v) is 6.93. The molecule has 2 atom stereocenters. The van der Waals surface area contributed by atoms with E-state index in [-0.39, 0.29) is 12.0 Å². The van der Waals surface area contributed by atoms with Gasteiger partial charge in [-0.2, -0.15) is 0 Å². The Morgan fingerprint density at radius 1 is 1.05 bits per heavy atom. The summed E-state index contributed by atoms with van der Waals surface area (Å²) in [6.07, 6.45) is 6.60. The molecule has 1 saturated carbocycles. The second kappa shape index (κ2) is 10.7. The van der Waals surface area contributed by atoms with Gasteiger partial charge in [-0.15, -0.1) is 5.10 Å².